The van der Waals surface area contributed by atoms with E-state index in [9.17, 15) is 40.5 Å². The molecule has 2 fully saturated rings. The van der Waals surface area contributed by atoms with Gasteiger partial charge < -0.3 is 64.2 Å². The van der Waals surface area contributed by atoms with Gasteiger partial charge in [0, 0.05) is 6.61 Å². The average molecular weight is 1070 g/mol. The highest BCUT2D eigenvalue weighted by Crippen LogP contribution is 2.27. The molecule has 0 bridgehead atoms. The number of aliphatic hydroxyl groups excluding tert-OH is 7. The monoisotopic (exact) mass is 1060 g/mol. The molecule has 75 heavy (non-hydrogen) atoms. The van der Waals surface area contributed by atoms with E-state index in [-0.39, 0.29) is 19.6 Å². The summed E-state index contributed by atoms with van der Waals surface area (Å²) in [5.74, 6) is -0.500. The van der Waals surface area contributed by atoms with E-state index in [0.717, 1.165) is 44.9 Å². The van der Waals surface area contributed by atoms with Gasteiger partial charge in [-0.15, -0.1) is 0 Å². The van der Waals surface area contributed by atoms with Crippen LogP contribution in [0.5, 0.6) is 0 Å². The van der Waals surface area contributed by atoms with Gasteiger partial charge in [-0.2, -0.15) is 0 Å². The van der Waals surface area contributed by atoms with Gasteiger partial charge in [-0.3, -0.25) is 4.79 Å². The molecule has 2 rings (SSSR count). The molecule has 11 atom stereocenters. The predicted octanol–water partition coefficient (Wildman–Crippen LogP) is 10.9. The average Bonchev–Trinajstić information content (AvgIpc) is 3.41. The lowest BCUT2D eigenvalue weighted by atomic mass is 9.98. The Balaban J connectivity index is 1.69. The summed E-state index contributed by atoms with van der Waals surface area (Å²) in [5, 5.41) is 72.3. The minimum Gasteiger partial charge on any atom is -0.457 e. The smallest absolute Gasteiger partial charge is 0.310 e. The Kier molecular flexibility index (Phi) is 43.7. The molecule has 2 heterocycles. The second-order valence-corrected chi connectivity index (χ2v) is 20.8. The van der Waals surface area contributed by atoms with E-state index in [0.29, 0.717) is 13.0 Å². The van der Waals surface area contributed by atoms with E-state index >= 15 is 0 Å². The molecular formula is C61H108O14. The van der Waals surface area contributed by atoms with E-state index in [1.807, 2.05) is 12.2 Å². The molecule has 0 aromatic rings. The van der Waals surface area contributed by atoms with Crippen molar-refractivity contribution in [3.05, 3.63) is 60.8 Å². The van der Waals surface area contributed by atoms with Crippen molar-refractivity contribution in [3.63, 3.8) is 0 Å². The third-order valence-electron chi connectivity index (χ3n) is 14.1. The van der Waals surface area contributed by atoms with E-state index in [1.54, 1.807) is 6.08 Å². The van der Waals surface area contributed by atoms with Gasteiger partial charge in [-0.05, 0) is 38.5 Å². The molecule has 14 heteroatoms. The van der Waals surface area contributed by atoms with Crippen molar-refractivity contribution in [1.29, 1.82) is 0 Å². The van der Waals surface area contributed by atoms with Crippen LogP contribution in [0.25, 0.3) is 0 Å². The number of aliphatic hydroxyl groups is 7. The molecular weight excluding hydrogens is 957 g/mol. The first-order chi connectivity index (χ1) is 36.6. The van der Waals surface area contributed by atoms with Crippen LogP contribution >= 0.6 is 0 Å². The molecule has 0 amide bonds. The zero-order valence-electron chi connectivity index (χ0n) is 46.8. The Labute approximate surface area is 454 Å². The zero-order chi connectivity index (χ0) is 54.4. The van der Waals surface area contributed by atoms with Crippen LogP contribution in [0.4, 0.5) is 0 Å². The standard InChI is InChI=1S/C61H108O14/c1-3-5-7-9-11-13-15-17-19-20-21-22-23-24-25-26-27-28-29-31-33-35-37-39-41-43-45-70-47-50(73-53(63)44-42-40-38-36-34-32-30-18-16-14-12-10-8-6-4-2)48-71-60-59(69)57(67)55(65)52(75-60)49-72-61-58(68)56(66)54(64)51(46-62)74-61/h6,8,12,14,18,30,34,36,40,42,50-52,54-62,64-69H,3-5,7,9-11,13,15-17,19-29,31-33,35,37-39,41,43-49H2,1-2H3/b8-6-,14-12-,30-18-,36-34-,42-40-. The summed E-state index contributed by atoms with van der Waals surface area (Å²) in [6, 6.07) is 0. The van der Waals surface area contributed by atoms with Crippen LogP contribution in [-0.4, -0.2) is 142 Å². The van der Waals surface area contributed by atoms with Gasteiger partial charge in [0.15, 0.2) is 12.6 Å². The summed E-state index contributed by atoms with van der Waals surface area (Å²) in [4.78, 5) is 13.0. The fourth-order valence-corrected chi connectivity index (χ4v) is 9.30. The molecule has 0 aliphatic carbocycles. The van der Waals surface area contributed by atoms with Crippen molar-refractivity contribution in [1.82, 2.24) is 0 Å². The molecule has 436 valence electrons. The SMILES string of the molecule is CC/C=C\C/C=C\C/C=C\C/C=C\C/C=C\CC(=O)OC(COCCCCCCCCCCCCCCCCCCCCCCCCCCCC)COC1OC(COC2OC(CO)C(O)C(O)C2O)C(O)C(O)C1O. The minimum absolute atomic E-state index is 0.0222. The largest absolute Gasteiger partial charge is 0.457 e. The molecule has 2 saturated heterocycles. The van der Waals surface area contributed by atoms with Gasteiger partial charge >= 0.3 is 5.97 Å². The number of carbonyl (C=O) groups excluding carboxylic acids is 1. The topological polar surface area (TPSA) is 214 Å². The van der Waals surface area contributed by atoms with E-state index < -0.39 is 86.7 Å². The molecule has 0 aromatic carbocycles. The van der Waals surface area contributed by atoms with Crippen LogP contribution in [0.2, 0.25) is 0 Å². The normalized spacial score (nSPS) is 25.0. The van der Waals surface area contributed by atoms with Crippen LogP contribution in [0, 0.1) is 0 Å². The van der Waals surface area contributed by atoms with Crippen LogP contribution in [-0.2, 0) is 33.2 Å². The number of carbonyl (C=O) groups is 1. The molecule has 0 aromatic heterocycles. The molecule has 11 unspecified atom stereocenters. The third-order valence-corrected chi connectivity index (χ3v) is 14.1. The predicted molar refractivity (Wildman–Crippen MR) is 298 cm³/mol. The quantitative estimate of drug-likeness (QED) is 0.0172. The number of rotatable bonds is 48. The van der Waals surface area contributed by atoms with Gasteiger partial charge in [-0.25, -0.2) is 0 Å². The fraction of sp³-hybridized carbons (Fsp3) is 0.820. The van der Waals surface area contributed by atoms with E-state index in [4.69, 9.17) is 28.4 Å². The first-order valence-electron chi connectivity index (χ1n) is 29.9. The summed E-state index contributed by atoms with van der Waals surface area (Å²) in [7, 11) is 0. The summed E-state index contributed by atoms with van der Waals surface area (Å²) < 4.78 is 34.2. The summed E-state index contributed by atoms with van der Waals surface area (Å²) in [6.07, 6.45) is 43.3. The Hall–Kier alpha value is -2.31. The lowest BCUT2D eigenvalue weighted by Crippen LogP contribution is -2.61. The maximum absolute atomic E-state index is 13.0. The van der Waals surface area contributed by atoms with Crippen molar-refractivity contribution in [3.8, 4) is 0 Å². The Morgan fingerprint density at radius 2 is 0.813 bits per heavy atom. The summed E-state index contributed by atoms with van der Waals surface area (Å²) >= 11 is 0. The maximum Gasteiger partial charge on any atom is 0.310 e. The number of esters is 1. The van der Waals surface area contributed by atoms with Gasteiger partial charge in [0.1, 0.15) is 54.9 Å². The van der Waals surface area contributed by atoms with Crippen molar-refractivity contribution in [2.45, 2.75) is 287 Å². The number of allylic oxidation sites excluding steroid dienone is 9. The van der Waals surface area contributed by atoms with Gasteiger partial charge in [0.05, 0.1) is 32.8 Å². The van der Waals surface area contributed by atoms with Crippen molar-refractivity contribution >= 4 is 5.97 Å². The lowest BCUT2D eigenvalue weighted by molar-refractivity contribution is -0.332. The first-order valence-corrected chi connectivity index (χ1v) is 29.9. The first kappa shape index (κ1) is 68.8. The Morgan fingerprint density at radius 1 is 0.440 bits per heavy atom. The molecule has 0 saturated carbocycles. The number of hydrogen-bond donors (Lipinski definition) is 7. The molecule has 0 spiro atoms. The van der Waals surface area contributed by atoms with Crippen molar-refractivity contribution in [2.24, 2.45) is 0 Å². The Bertz CT molecular complexity index is 1470. The minimum atomic E-state index is -1.72. The van der Waals surface area contributed by atoms with E-state index in [2.05, 4.69) is 56.4 Å². The maximum atomic E-state index is 13.0. The van der Waals surface area contributed by atoms with Gasteiger partial charge in [0.25, 0.3) is 0 Å². The van der Waals surface area contributed by atoms with Crippen LogP contribution in [0.15, 0.2) is 60.8 Å². The zero-order valence-corrected chi connectivity index (χ0v) is 46.8. The highest BCUT2D eigenvalue weighted by molar-refractivity contribution is 5.71. The van der Waals surface area contributed by atoms with Gasteiger partial charge in [-0.1, -0.05) is 235 Å². The van der Waals surface area contributed by atoms with E-state index in [1.165, 1.54) is 148 Å². The summed E-state index contributed by atoms with van der Waals surface area (Å²) in [6.45, 7) is 3.47. The van der Waals surface area contributed by atoms with Gasteiger partial charge in [0.2, 0.25) is 0 Å². The van der Waals surface area contributed by atoms with Crippen molar-refractivity contribution in [2.75, 3.05) is 33.0 Å². The van der Waals surface area contributed by atoms with Crippen molar-refractivity contribution < 1.29 is 69.0 Å². The second kappa shape index (κ2) is 47.7. The molecule has 14 nitrogen and oxygen atoms in total. The molecule has 7 N–H and O–H groups in total. The fourth-order valence-electron chi connectivity index (χ4n) is 9.30. The third kappa shape index (κ3) is 34.3. The highest BCUT2D eigenvalue weighted by Gasteiger charge is 2.47. The lowest BCUT2D eigenvalue weighted by Gasteiger charge is -2.42. The van der Waals surface area contributed by atoms with Crippen LogP contribution in [0.1, 0.15) is 219 Å². The second-order valence-electron chi connectivity index (χ2n) is 20.8. The highest BCUT2D eigenvalue weighted by atomic mass is 16.7. The number of ether oxygens (including phenoxy) is 6. The molecule has 2 aliphatic rings. The van der Waals surface area contributed by atoms with Crippen LogP contribution < -0.4 is 0 Å². The summed E-state index contributed by atoms with van der Waals surface area (Å²) in [5.41, 5.74) is 0. The molecule has 0 radical (unpaired) electrons. The number of unbranched alkanes of at least 4 members (excludes halogenated alkanes) is 25. The number of hydrogen-bond acceptors (Lipinski definition) is 14. The Morgan fingerprint density at radius 3 is 1.24 bits per heavy atom. The molecule has 2 aliphatic heterocycles. The van der Waals surface area contributed by atoms with Crippen LogP contribution in [0.3, 0.4) is 0 Å².